The second-order valence-electron chi connectivity index (χ2n) is 7.37. The van der Waals surface area contributed by atoms with Gasteiger partial charge in [-0.25, -0.2) is 4.79 Å². The third-order valence-electron chi connectivity index (χ3n) is 5.19. The average Bonchev–Trinajstić information content (AvgIpc) is 3.32. The van der Waals surface area contributed by atoms with Gasteiger partial charge in [-0.1, -0.05) is 54.6 Å². The standard InChI is InChI=1S/C26H22N2O4.ClH/c29-25(32-18-19-4-2-1-3-5-19)16-24(26(30)31)28-15-12-23(17-28)21-8-6-20(7-9-21)22-10-13-27-14-11-22;/h1-15,17,24H,16,18H2,(H,30,31);1H/t24-;/m1./s1. The van der Waals surface area contributed by atoms with Crippen LogP contribution in [0.3, 0.4) is 0 Å². The summed E-state index contributed by atoms with van der Waals surface area (Å²) >= 11 is 0. The topological polar surface area (TPSA) is 81.4 Å². The molecule has 1 N–H and O–H groups in total. The summed E-state index contributed by atoms with van der Waals surface area (Å²) in [4.78, 5) is 28.1. The van der Waals surface area contributed by atoms with E-state index in [-0.39, 0.29) is 25.4 Å². The van der Waals surface area contributed by atoms with Crippen LogP contribution in [0.25, 0.3) is 22.3 Å². The number of carbonyl (C=O) groups is 2. The van der Waals surface area contributed by atoms with Crippen molar-refractivity contribution >= 4 is 24.3 Å². The lowest BCUT2D eigenvalue weighted by Gasteiger charge is -2.14. The van der Waals surface area contributed by atoms with E-state index in [1.807, 2.05) is 72.8 Å². The quantitative estimate of drug-likeness (QED) is 0.354. The summed E-state index contributed by atoms with van der Waals surface area (Å²) in [6, 6.07) is 22.0. The summed E-state index contributed by atoms with van der Waals surface area (Å²) in [5.74, 6) is -1.64. The van der Waals surface area contributed by atoms with Gasteiger partial charge in [0.05, 0.1) is 6.42 Å². The first-order chi connectivity index (χ1) is 15.6. The summed E-state index contributed by atoms with van der Waals surface area (Å²) in [6.07, 6.45) is 6.66. The number of pyridine rings is 1. The second kappa shape index (κ2) is 11.1. The SMILES string of the molecule is Cl.O=C(C[C@H](C(=O)O)n1ccc(-c2ccc(-c3ccncc3)cc2)c1)OCc1ccccc1. The molecule has 0 bridgehead atoms. The number of benzene rings is 2. The Balaban J connectivity index is 0.00000306. The zero-order chi connectivity index (χ0) is 22.3. The van der Waals surface area contributed by atoms with Crippen molar-refractivity contribution < 1.29 is 19.4 Å². The minimum absolute atomic E-state index is 0. The Kier molecular flexibility index (Phi) is 8.00. The molecule has 168 valence electrons. The fourth-order valence-corrected chi connectivity index (χ4v) is 3.45. The van der Waals surface area contributed by atoms with Gasteiger partial charge < -0.3 is 14.4 Å². The fraction of sp³-hybridized carbons (Fsp3) is 0.115. The van der Waals surface area contributed by atoms with E-state index in [0.29, 0.717) is 0 Å². The number of nitrogens with zero attached hydrogens (tertiary/aromatic N) is 2. The molecule has 0 saturated heterocycles. The molecule has 0 fully saturated rings. The van der Waals surface area contributed by atoms with Crippen LogP contribution in [0, 0.1) is 0 Å². The minimum atomic E-state index is -1.09. The Morgan fingerprint density at radius 2 is 1.45 bits per heavy atom. The molecule has 0 radical (unpaired) electrons. The van der Waals surface area contributed by atoms with E-state index in [1.54, 1.807) is 24.8 Å². The van der Waals surface area contributed by atoms with Crippen LogP contribution < -0.4 is 0 Å². The molecule has 0 spiro atoms. The van der Waals surface area contributed by atoms with Crippen LogP contribution in [0.4, 0.5) is 0 Å². The van der Waals surface area contributed by atoms with Gasteiger partial charge in [-0.05, 0) is 46.0 Å². The minimum Gasteiger partial charge on any atom is -0.480 e. The monoisotopic (exact) mass is 462 g/mol. The zero-order valence-electron chi connectivity index (χ0n) is 17.7. The number of carboxylic acids is 1. The molecule has 6 nitrogen and oxygen atoms in total. The highest BCUT2D eigenvalue weighted by molar-refractivity contribution is 5.85. The predicted octanol–water partition coefficient (Wildman–Crippen LogP) is 5.40. The summed E-state index contributed by atoms with van der Waals surface area (Å²) in [7, 11) is 0. The molecule has 0 aliphatic carbocycles. The lowest BCUT2D eigenvalue weighted by atomic mass is 10.0. The molecule has 0 amide bonds. The number of rotatable bonds is 8. The molecular weight excluding hydrogens is 440 g/mol. The van der Waals surface area contributed by atoms with Gasteiger partial charge in [0.25, 0.3) is 0 Å². The van der Waals surface area contributed by atoms with E-state index in [2.05, 4.69) is 4.98 Å². The van der Waals surface area contributed by atoms with Crippen molar-refractivity contribution in [2.24, 2.45) is 0 Å². The van der Waals surface area contributed by atoms with Crippen LogP contribution in [0.2, 0.25) is 0 Å². The maximum absolute atomic E-state index is 12.3. The molecule has 33 heavy (non-hydrogen) atoms. The number of aromatic nitrogens is 2. The van der Waals surface area contributed by atoms with Crippen LogP contribution in [-0.2, 0) is 20.9 Å². The summed E-state index contributed by atoms with van der Waals surface area (Å²) < 4.78 is 6.80. The van der Waals surface area contributed by atoms with Crippen LogP contribution in [0.15, 0.2) is 97.6 Å². The Morgan fingerprint density at radius 3 is 2.09 bits per heavy atom. The second-order valence-corrected chi connectivity index (χ2v) is 7.37. The van der Waals surface area contributed by atoms with Crippen molar-refractivity contribution in [3.05, 3.63) is 103 Å². The highest BCUT2D eigenvalue weighted by Crippen LogP contribution is 2.26. The summed E-state index contributed by atoms with van der Waals surface area (Å²) in [5.41, 5.74) is 4.82. The van der Waals surface area contributed by atoms with Crippen molar-refractivity contribution in [1.29, 1.82) is 0 Å². The molecular formula is C26H23ClN2O4. The molecule has 4 aromatic rings. The van der Waals surface area contributed by atoms with Crippen molar-refractivity contribution in [2.75, 3.05) is 0 Å². The van der Waals surface area contributed by atoms with Gasteiger partial charge in [-0.2, -0.15) is 0 Å². The van der Waals surface area contributed by atoms with Gasteiger partial charge in [0.15, 0.2) is 0 Å². The molecule has 2 aromatic carbocycles. The largest absolute Gasteiger partial charge is 0.480 e. The number of aliphatic carboxylic acids is 1. The molecule has 0 saturated carbocycles. The van der Waals surface area contributed by atoms with Gasteiger partial charge in [0.2, 0.25) is 0 Å². The number of carbonyl (C=O) groups excluding carboxylic acids is 1. The molecule has 7 heteroatoms. The molecule has 1 atom stereocenters. The number of halogens is 1. The lowest BCUT2D eigenvalue weighted by Crippen LogP contribution is -2.22. The van der Waals surface area contributed by atoms with E-state index in [9.17, 15) is 14.7 Å². The van der Waals surface area contributed by atoms with Crippen molar-refractivity contribution in [3.8, 4) is 22.3 Å². The normalized spacial score (nSPS) is 11.3. The van der Waals surface area contributed by atoms with Gasteiger partial charge in [-0.15, -0.1) is 12.4 Å². The van der Waals surface area contributed by atoms with E-state index >= 15 is 0 Å². The molecule has 0 aliphatic rings. The third kappa shape index (κ3) is 6.08. The zero-order valence-corrected chi connectivity index (χ0v) is 18.5. The Morgan fingerprint density at radius 1 is 0.848 bits per heavy atom. The highest BCUT2D eigenvalue weighted by atomic mass is 35.5. The van der Waals surface area contributed by atoms with Crippen LogP contribution >= 0.6 is 12.4 Å². The summed E-state index contributed by atoms with van der Waals surface area (Å²) in [5, 5.41) is 9.67. The number of hydrogen-bond acceptors (Lipinski definition) is 4. The predicted molar refractivity (Wildman–Crippen MR) is 128 cm³/mol. The van der Waals surface area contributed by atoms with E-state index in [0.717, 1.165) is 27.8 Å². The maximum atomic E-state index is 12.3. The molecule has 0 aliphatic heterocycles. The molecule has 2 aromatic heterocycles. The first-order valence-electron chi connectivity index (χ1n) is 10.2. The lowest BCUT2D eigenvalue weighted by molar-refractivity contribution is -0.151. The smallest absolute Gasteiger partial charge is 0.327 e. The van der Waals surface area contributed by atoms with E-state index in [4.69, 9.17) is 4.74 Å². The van der Waals surface area contributed by atoms with Crippen LogP contribution in [0.1, 0.15) is 18.0 Å². The van der Waals surface area contributed by atoms with E-state index in [1.165, 1.54) is 4.57 Å². The van der Waals surface area contributed by atoms with Gasteiger partial charge in [-0.3, -0.25) is 9.78 Å². The highest BCUT2D eigenvalue weighted by Gasteiger charge is 2.24. The first kappa shape index (κ1) is 23.8. The Bertz CT molecular complexity index is 1190. The van der Waals surface area contributed by atoms with Gasteiger partial charge in [0, 0.05) is 24.8 Å². The molecule has 4 rings (SSSR count). The summed E-state index contributed by atoms with van der Waals surface area (Å²) in [6.45, 7) is 0.118. The number of ether oxygens (including phenoxy) is 1. The third-order valence-corrected chi connectivity index (χ3v) is 5.19. The number of hydrogen-bond donors (Lipinski definition) is 1. The Hall–Kier alpha value is -3.90. The number of esters is 1. The molecule has 0 unspecified atom stereocenters. The average molecular weight is 463 g/mol. The first-order valence-corrected chi connectivity index (χ1v) is 10.2. The Labute approximate surface area is 197 Å². The number of carboxylic acid groups (broad SMARTS) is 1. The van der Waals surface area contributed by atoms with Crippen molar-refractivity contribution in [1.82, 2.24) is 9.55 Å². The van der Waals surface area contributed by atoms with Crippen LogP contribution in [0.5, 0.6) is 0 Å². The van der Waals surface area contributed by atoms with Gasteiger partial charge >= 0.3 is 11.9 Å². The maximum Gasteiger partial charge on any atom is 0.327 e. The van der Waals surface area contributed by atoms with Gasteiger partial charge in [0.1, 0.15) is 12.6 Å². The van der Waals surface area contributed by atoms with Crippen molar-refractivity contribution in [3.63, 3.8) is 0 Å². The molecule has 2 heterocycles. The van der Waals surface area contributed by atoms with Crippen molar-refractivity contribution in [2.45, 2.75) is 19.1 Å². The van der Waals surface area contributed by atoms with E-state index < -0.39 is 18.0 Å². The fourth-order valence-electron chi connectivity index (χ4n) is 3.45. The van der Waals surface area contributed by atoms with Crippen LogP contribution in [-0.4, -0.2) is 26.6 Å².